The average Bonchev–Trinajstić information content (AvgIpc) is 2.41. The summed E-state index contributed by atoms with van der Waals surface area (Å²) in [4.78, 5) is 8.61. The van der Waals surface area contributed by atoms with Crippen molar-refractivity contribution >= 4 is 23.4 Å². The van der Waals surface area contributed by atoms with Gasteiger partial charge in [0.1, 0.15) is 5.02 Å². The van der Waals surface area contributed by atoms with Gasteiger partial charge in [0.05, 0.1) is 6.20 Å². The number of halogens is 1. The number of aromatic nitrogens is 2. The summed E-state index contributed by atoms with van der Waals surface area (Å²) in [7, 11) is 0. The predicted octanol–water partition coefficient (Wildman–Crippen LogP) is 3.70. The molecule has 100 valence electrons. The van der Waals surface area contributed by atoms with Crippen LogP contribution in [0.2, 0.25) is 5.02 Å². The van der Waals surface area contributed by atoms with Crippen LogP contribution in [0.3, 0.4) is 0 Å². The molecule has 0 aliphatic heterocycles. The van der Waals surface area contributed by atoms with E-state index in [0.29, 0.717) is 17.0 Å². The van der Waals surface area contributed by atoms with Gasteiger partial charge in [0.15, 0.2) is 5.82 Å². The molecular formula is C13H21ClN4. The van der Waals surface area contributed by atoms with Gasteiger partial charge in [-0.05, 0) is 19.3 Å². The lowest BCUT2D eigenvalue weighted by atomic mass is 9.95. The standard InChI is InChI=1S/C13H21ClN4/c1-2-8-15-13-16-9-11(14)12(18-13)17-10-6-4-3-5-7-10/h9-10H,2-8H2,1H3,(H2,15,16,17,18). The van der Waals surface area contributed by atoms with E-state index in [1.54, 1.807) is 6.20 Å². The van der Waals surface area contributed by atoms with Crippen LogP contribution in [0.4, 0.5) is 11.8 Å². The van der Waals surface area contributed by atoms with E-state index in [1.807, 2.05) is 0 Å². The Labute approximate surface area is 114 Å². The molecule has 0 atom stereocenters. The molecule has 0 spiro atoms. The van der Waals surface area contributed by atoms with E-state index in [2.05, 4.69) is 27.5 Å². The van der Waals surface area contributed by atoms with Crippen LogP contribution >= 0.6 is 11.6 Å². The molecule has 4 nitrogen and oxygen atoms in total. The highest BCUT2D eigenvalue weighted by Crippen LogP contribution is 2.25. The van der Waals surface area contributed by atoms with E-state index >= 15 is 0 Å². The minimum atomic E-state index is 0.505. The van der Waals surface area contributed by atoms with Gasteiger partial charge in [-0.25, -0.2) is 4.98 Å². The predicted molar refractivity (Wildman–Crippen MR) is 76.3 cm³/mol. The first-order valence-electron chi connectivity index (χ1n) is 6.82. The number of nitrogens with one attached hydrogen (secondary N) is 2. The van der Waals surface area contributed by atoms with E-state index in [1.165, 1.54) is 32.1 Å². The van der Waals surface area contributed by atoms with E-state index in [0.717, 1.165) is 18.8 Å². The number of anilines is 2. The second-order valence-corrected chi connectivity index (χ2v) is 5.20. The van der Waals surface area contributed by atoms with Gasteiger partial charge >= 0.3 is 0 Å². The lowest BCUT2D eigenvalue weighted by molar-refractivity contribution is 0.462. The quantitative estimate of drug-likeness (QED) is 0.855. The molecule has 0 unspecified atom stereocenters. The normalized spacial score (nSPS) is 16.6. The molecule has 0 bridgehead atoms. The summed E-state index contributed by atoms with van der Waals surface area (Å²) in [5.41, 5.74) is 0. The summed E-state index contributed by atoms with van der Waals surface area (Å²) in [6.45, 7) is 2.99. The lowest BCUT2D eigenvalue weighted by Crippen LogP contribution is -2.23. The maximum absolute atomic E-state index is 6.13. The van der Waals surface area contributed by atoms with Gasteiger partial charge in [0.25, 0.3) is 0 Å². The second-order valence-electron chi connectivity index (χ2n) is 4.80. The van der Waals surface area contributed by atoms with Crippen LogP contribution in [0.15, 0.2) is 6.20 Å². The molecule has 1 aliphatic rings. The third-order valence-electron chi connectivity index (χ3n) is 3.22. The maximum Gasteiger partial charge on any atom is 0.224 e. The fourth-order valence-corrected chi connectivity index (χ4v) is 2.38. The largest absolute Gasteiger partial charge is 0.366 e. The van der Waals surface area contributed by atoms with Crippen LogP contribution in [0.25, 0.3) is 0 Å². The molecule has 1 heterocycles. The summed E-state index contributed by atoms with van der Waals surface area (Å²) in [5, 5.41) is 7.22. The van der Waals surface area contributed by atoms with Crippen LogP contribution in [-0.2, 0) is 0 Å². The molecule has 0 saturated heterocycles. The Hall–Kier alpha value is -1.03. The van der Waals surface area contributed by atoms with Crippen molar-refractivity contribution in [3.63, 3.8) is 0 Å². The Bertz CT molecular complexity index is 377. The van der Waals surface area contributed by atoms with Gasteiger partial charge in [-0.15, -0.1) is 0 Å². The topological polar surface area (TPSA) is 49.8 Å². The highest BCUT2D eigenvalue weighted by Gasteiger charge is 2.15. The van der Waals surface area contributed by atoms with Gasteiger partial charge in [0, 0.05) is 12.6 Å². The molecule has 0 radical (unpaired) electrons. The van der Waals surface area contributed by atoms with E-state index in [4.69, 9.17) is 11.6 Å². The van der Waals surface area contributed by atoms with Crippen molar-refractivity contribution in [1.29, 1.82) is 0 Å². The maximum atomic E-state index is 6.13. The zero-order valence-electron chi connectivity index (χ0n) is 10.9. The minimum absolute atomic E-state index is 0.505. The van der Waals surface area contributed by atoms with Gasteiger partial charge < -0.3 is 10.6 Å². The van der Waals surface area contributed by atoms with Crippen LogP contribution in [0, 0.1) is 0 Å². The fourth-order valence-electron chi connectivity index (χ4n) is 2.23. The zero-order valence-corrected chi connectivity index (χ0v) is 11.6. The van der Waals surface area contributed by atoms with Crippen molar-refractivity contribution in [2.75, 3.05) is 17.2 Å². The van der Waals surface area contributed by atoms with Gasteiger partial charge in [-0.3, -0.25) is 0 Å². The molecule has 5 heteroatoms. The average molecular weight is 269 g/mol. The van der Waals surface area contributed by atoms with E-state index in [9.17, 15) is 0 Å². The van der Waals surface area contributed by atoms with Crippen molar-refractivity contribution < 1.29 is 0 Å². The van der Waals surface area contributed by atoms with Gasteiger partial charge in [-0.1, -0.05) is 37.8 Å². The Morgan fingerprint density at radius 3 is 2.83 bits per heavy atom. The van der Waals surface area contributed by atoms with Gasteiger partial charge in [0.2, 0.25) is 5.95 Å². The number of hydrogen-bond acceptors (Lipinski definition) is 4. The van der Waals surface area contributed by atoms with Crippen molar-refractivity contribution in [1.82, 2.24) is 9.97 Å². The van der Waals surface area contributed by atoms with Crippen LogP contribution < -0.4 is 10.6 Å². The molecule has 0 amide bonds. The zero-order chi connectivity index (χ0) is 12.8. The summed E-state index contributed by atoms with van der Waals surface area (Å²) >= 11 is 6.13. The molecule has 1 aromatic rings. The molecule has 2 N–H and O–H groups in total. The number of rotatable bonds is 5. The molecular weight excluding hydrogens is 248 g/mol. The number of hydrogen-bond donors (Lipinski definition) is 2. The summed E-state index contributed by atoms with van der Waals surface area (Å²) in [5.74, 6) is 1.41. The molecule has 0 aromatic carbocycles. The summed E-state index contributed by atoms with van der Waals surface area (Å²) in [6.07, 6.45) is 9.06. The Kier molecular flexibility index (Phi) is 5.05. The lowest BCUT2D eigenvalue weighted by Gasteiger charge is -2.23. The van der Waals surface area contributed by atoms with E-state index < -0.39 is 0 Å². The third-order valence-corrected chi connectivity index (χ3v) is 3.50. The first-order chi connectivity index (χ1) is 8.79. The first-order valence-corrected chi connectivity index (χ1v) is 7.20. The third kappa shape index (κ3) is 3.73. The van der Waals surface area contributed by atoms with Crippen LogP contribution in [0.1, 0.15) is 45.4 Å². The highest BCUT2D eigenvalue weighted by molar-refractivity contribution is 6.32. The van der Waals surface area contributed by atoms with E-state index in [-0.39, 0.29) is 0 Å². The Balaban J connectivity index is 2.00. The van der Waals surface area contributed by atoms with Crippen molar-refractivity contribution in [2.24, 2.45) is 0 Å². The van der Waals surface area contributed by atoms with Crippen molar-refractivity contribution in [3.05, 3.63) is 11.2 Å². The molecule has 2 rings (SSSR count). The fraction of sp³-hybridized carbons (Fsp3) is 0.692. The highest BCUT2D eigenvalue weighted by atomic mass is 35.5. The molecule has 1 fully saturated rings. The minimum Gasteiger partial charge on any atom is -0.366 e. The molecule has 1 aromatic heterocycles. The van der Waals surface area contributed by atoms with Crippen LogP contribution in [0.5, 0.6) is 0 Å². The Morgan fingerprint density at radius 1 is 1.33 bits per heavy atom. The monoisotopic (exact) mass is 268 g/mol. The van der Waals surface area contributed by atoms with Gasteiger partial charge in [-0.2, -0.15) is 4.98 Å². The molecule has 18 heavy (non-hydrogen) atoms. The van der Waals surface area contributed by atoms with Crippen molar-refractivity contribution in [2.45, 2.75) is 51.5 Å². The Morgan fingerprint density at radius 2 is 2.11 bits per heavy atom. The molecule has 1 saturated carbocycles. The number of nitrogens with zero attached hydrogens (tertiary/aromatic N) is 2. The van der Waals surface area contributed by atoms with Crippen molar-refractivity contribution in [3.8, 4) is 0 Å². The summed E-state index contributed by atoms with van der Waals surface area (Å²) < 4.78 is 0. The second kappa shape index (κ2) is 6.78. The smallest absolute Gasteiger partial charge is 0.224 e. The first kappa shape index (κ1) is 13.4. The van der Waals surface area contributed by atoms with Crippen LogP contribution in [-0.4, -0.2) is 22.6 Å². The SMILES string of the molecule is CCCNc1ncc(Cl)c(NC2CCCCC2)n1. The summed E-state index contributed by atoms with van der Waals surface area (Å²) in [6, 6.07) is 0.505. The molecule has 1 aliphatic carbocycles.